The zero-order valence-electron chi connectivity index (χ0n) is 21.2. The summed E-state index contributed by atoms with van der Waals surface area (Å²) in [4.78, 5) is 30.6. The summed E-state index contributed by atoms with van der Waals surface area (Å²) in [5, 5.41) is 0.453. The molecule has 7 heteroatoms. The molecule has 184 valence electrons. The van der Waals surface area contributed by atoms with Crippen LogP contribution in [0.3, 0.4) is 0 Å². The van der Waals surface area contributed by atoms with E-state index in [4.69, 9.17) is 16.3 Å². The van der Waals surface area contributed by atoms with Gasteiger partial charge in [-0.25, -0.2) is 0 Å². The third-order valence-electron chi connectivity index (χ3n) is 7.18. The second kappa shape index (κ2) is 9.04. The number of amides is 1. The van der Waals surface area contributed by atoms with Gasteiger partial charge in [-0.05, 0) is 64.1 Å². The summed E-state index contributed by atoms with van der Waals surface area (Å²) in [6.07, 6.45) is 1.66. The molecule has 0 aliphatic carbocycles. The van der Waals surface area contributed by atoms with Crippen molar-refractivity contribution < 1.29 is 14.3 Å². The number of Topliss-reactive ketones (excluding diaryl/α,β-unsaturated/α-hetero) is 1. The van der Waals surface area contributed by atoms with Crippen molar-refractivity contribution in [3.63, 3.8) is 0 Å². The van der Waals surface area contributed by atoms with E-state index in [-0.39, 0.29) is 23.3 Å². The highest BCUT2D eigenvalue weighted by Gasteiger charge is 2.45. The number of likely N-dealkylation sites (tertiary alicyclic amines) is 1. The Bertz CT molecular complexity index is 1090. The van der Waals surface area contributed by atoms with E-state index in [1.165, 1.54) is 5.69 Å². The number of likely N-dealkylation sites (N-methyl/N-ethyl adjacent to an activating group) is 1. The van der Waals surface area contributed by atoms with Gasteiger partial charge in [-0.15, -0.1) is 0 Å². The minimum Gasteiger partial charge on any atom is -0.489 e. The van der Waals surface area contributed by atoms with Crippen molar-refractivity contribution in [1.82, 2.24) is 14.4 Å². The van der Waals surface area contributed by atoms with Gasteiger partial charge in [0.15, 0.2) is 5.78 Å². The van der Waals surface area contributed by atoms with Crippen LogP contribution < -0.4 is 4.74 Å². The lowest BCUT2D eigenvalue weighted by molar-refractivity contribution is 0.0126. The highest BCUT2D eigenvalue weighted by molar-refractivity contribution is 6.32. The number of hydrogen-bond donors (Lipinski definition) is 0. The Hall–Kier alpha value is -2.31. The molecule has 2 aromatic rings. The molecule has 0 atom stereocenters. The molecule has 1 saturated heterocycles. The first-order chi connectivity index (χ1) is 15.9. The van der Waals surface area contributed by atoms with Crippen molar-refractivity contribution in [2.24, 2.45) is 5.41 Å². The minimum absolute atomic E-state index is 0.00899. The third kappa shape index (κ3) is 4.38. The number of ketones is 1. The van der Waals surface area contributed by atoms with Crippen molar-refractivity contribution in [3.05, 3.63) is 52.3 Å². The number of nitrogens with zero attached hydrogens (tertiary/aromatic N) is 3. The molecule has 1 aromatic carbocycles. The fourth-order valence-corrected chi connectivity index (χ4v) is 5.47. The third-order valence-corrected chi connectivity index (χ3v) is 7.48. The van der Waals surface area contributed by atoms with Crippen molar-refractivity contribution in [1.29, 1.82) is 0 Å². The number of halogens is 1. The number of piperidine rings is 1. The standard InChI is InChI=1S/C27H36ClN3O3/c1-18(2)34-22-9-7-19(17-20(22)28)25(33)30-13-11-27(12-14-30)23-10-8-21(24(32)26(3,4)5)31(23)16-15-29(27)6/h7-10,17-18H,11-16H2,1-6H3. The van der Waals surface area contributed by atoms with Gasteiger partial charge in [-0.3, -0.25) is 14.5 Å². The van der Waals surface area contributed by atoms with Crippen LogP contribution in [0, 0.1) is 5.41 Å². The zero-order chi connectivity index (χ0) is 24.8. The number of ether oxygens (including phenoxy) is 1. The molecule has 0 saturated carbocycles. The lowest BCUT2D eigenvalue weighted by atomic mass is 9.81. The van der Waals surface area contributed by atoms with Gasteiger partial charge in [-0.2, -0.15) is 0 Å². The predicted octanol–water partition coefficient (Wildman–Crippen LogP) is 5.23. The Morgan fingerprint density at radius 1 is 1.03 bits per heavy atom. The average Bonchev–Trinajstić information content (AvgIpc) is 3.21. The highest BCUT2D eigenvalue weighted by atomic mass is 35.5. The van der Waals surface area contributed by atoms with Crippen molar-refractivity contribution in [2.75, 3.05) is 26.7 Å². The fourth-order valence-electron chi connectivity index (χ4n) is 5.24. The lowest BCUT2D eigenvalue weighted by Crippen LogP contribution is -2.56. The van der Waals surface area contributed by atoms with E-state index in [1.54, 1.807) is 18.2 Å². The van der Waals surface area contributed by atoms with Gasteiger partial charge in [-0.1, -0.05) is 32.4 Å². The van der Waals surface area contributed by atoms with Gasteiger partial charge in [0.1, 0.15) is 5.75 Å². The van der Waals surface area contributed by atoms with E-state index in [0.717, 1.165) is 31.6 Å². The first-order valence-electron chi connectivity index (χ1n) is 12.2. The molecule has 1 fully saturated rings. The largest absolute Gasteiger partial charge is 0.489 e. The number of carbonyl (C=O) groups is 2. The Labute approximate surface area is 207 Å². The zero-order valence-corrected chi connectivity index (χ0v) is 21.9. The Balaban J connectivity index is 1.53. The molecular weight excluding hydrogens is 450 g/mol. The summed E-state index contributed by atoms with van der Waals surface area (Å²) in [5.74, 6) is 0.758. The fraction of sp³-hybridized carbons (Fsp3) is 0.556. The minimum atomic E-state index is -0.418. The normalized spacial score (nSPS) is 18.3. The topological polar surface area (TPSA) is 54.8 Å². The number of aromatic nitrogens is 1. The van der Waals surface area contributed by atoms with Gasteiger partial charge >= 0.3 is 0 Å². The van der Waals surface area contributed by atoms with Crippen LogP contribution in [0.25, 0.3) is 0 Å². The van der Waals surface area contributed by atoms with Gasteiger partial charge in [0.2, 0.25) is 0 Å². The Morgan fingerprint density at radius 3 is 2.29 bits per heavy atom. The summed E-state index contributed by atoms with van der Waals surface area (Å²) >= 11 is 6.38. The smallest absolute Gasteiger partial charge is 0.253 e. The van der Waals surface area contributed by atoms with Crippen LogP contribution in [0.4, 0.5) is 0 Å². The molecule has 0 bridgehead atoms. The van der Waals surface area contributed by atoms with Gasteiger partial charge in [0.05, 0.1) is 22.4 Å². The van der Waals surface area contributed by atoms with E-state index in [2.05, 4.69) is 22.6 Å². The predicted molar refractivity (Wildman–Crippen MR) is 135 cm³/mol. The van der Waals surface area contributed by atoms with E-state index in [0.29, 0.717) is 29.4 Å². The number of rotatable bonds is 4. The Kier molecular flexibility index (Phi) is 6.60. The molecule has 1 spiro atoms. The molecule has 3 heterocycles. The van der Waals surface area contributed by atoms with Crippen LogP contribution in [0.1, 0.15) is 74.0 Å². The van der Waals surface area contributed by atoms with E-state index in [9.17, 15) is 9.59 Å². The summed E-state index contributed by atoms with van der Waals surface area (Å²) in [5.41, 5.74) is 1.98. The number of benzene rings is 1. The van der Waals surface area contributed by atoms with Crippen LogP contribution >= 0.6 is 11.6 Å². The van der Waals surface area contributed by atoms with E-state index >= 15 is 0 Å². The van der Waals surface area contributed by atoms with Crippen LogP contribution in [0.15, 0.2) is 30.3 Å². The van der Waals surface area contributed by atoms with Gasteiger partial charge in [0, 0.05) is 42.9 Å². The molecule has 6 nitrogen and oxygen atoms in total. The molecule has 1 amide bonds. The van der Waals surface area contributed by atoms with Crippen LogP contribution in [-0.4, -0.2) is 58.8 Å². The second-order valence-corrected chi connectivity index (χ2v) is 11.3. The number of hydrogen-bond acceptors (Lipinski definition) is 4. The quantitative estimate of drug-likeness (QED) is 0.556. The molecule has 34 heavy (non-hydrogen) atoms. The molecule has 0 N–H and O–H groups in total. The van der Waals surface area contributed by atoms with E-state index < -0.39 is 5.41 Å². The SMILES string of the molecule is CC(C)Oc1ccc(C(=O)N2CCC3(CC2)c2ccc(C(=O)C(C)(C)C)n2CCN3C)cc1Cl. The highest BCUT2D eigenvalue weighted by Crippen LogP contribution is 2.42. The molecule has 1 aromatic heterocycles. The second-order valence-electron chi connectivity index (χ2n) is 10.9. The summed E-state index contributed by atoms with van der Waals surface area (Å²) < 4.78 is 7.92. The molecular formula is C27H36ClN3O3. The maximum absolute atomic E-state index is 13.3. The molecule has 4 rings (SSSR count). The summed E-state index contributed by atoms with van der Waals surface area (Å²) in [6, 6.07) is 9.38. The Morgan fingerprint density at radius 2 is 1.71 bits per heavy atom. The van der Waals surface area contributed by atoms with Crippen molar-refractivity contribution in [2.45, 2.75) is 65.6 Å². The average molecular weight is 486 g/mol. The number of carbonyl (C=O) groups excluding carboxylic acids is 2. The first kappa shape index (κ1) is 24.8. The molecule has 2 aliphatic heterocycles. The van der Waals surface area contributed by atoms with Crippen molar-refractivity contribution in [3.8, 4) is 5.75 Å². The van der Waals surface area contributed by atoms with E-state index in [1.807, 2.05) is 45.6 Å². The maximum atomic E-state index is 13.3. The monoisotopic (exact) mass is 485 g/mol. The van der Waals surface area contributed by atoms with Gasteiger partial charge in [0.25, 0.3) is 5.91 Å². The molecule has 0 radical (unpaired) electrons. The molecule has 2 aliphatic rings. The van der Waals surface area contributed by atoms with Gasteiger partial charge < -0.3 is 14.2 Å². The summed E-state index contributed by atoms with van der Waals surface area (Å²) in [7, 11) is 2.16. The maximum Gasteiger partial charge on any atom is 0.253 e. The van der Waals surface area contributed by atoms with Crippen molar-refractivity contribution >= 4 is 23.3 Å². The summed E-state index contributed by atoms with van der Waals surface area (Å²) in [6.45, 7) is 12.8. The first-order valence-corrected chi connectivity index (χ1v) is 12.5. The van der Waals surface area contributed by atoms with Crippen LogP contribution in [0.5, 0.6) is 5.75 Å². The van der Waals surface area contributed by atoms with Crippen LogP contribution in [-0.2, 0) is 12.1 Å². The van der Waals surface area contributed by atoms with Crippen LogP contribution in [0.2, 0.25) is 5.02 Å². The number of fused-ring (bicyclic) bond motifs is 2. The molecule has 0 unspecified atom stereocenters. The lowest BCUT2D eigenvalue weighted by Gasteiger charge is -2.50.